The molecule has 0 spiro atoms. The average molecular weight is 389 g/mol. The molecule has 0 bridgehead atoms. The Morgan fingerprint density at radius 1 is 1.25 bits per heavy atom. The molecule has 0 saturated heterocycles. The molecule has 0 aliphatic carbocycles. The number of aryl methyl sites for hydroxylation is 1. The van der Waals surface area contributed by atoms with Crippen LogP contribution in [0.4, 0.5) is 0 Å². The SMILES string of the molecule is Cc1ccc(OC[C@@H](O)Cn2cnc3ccc(Br)cc3c2=O)cc1. The van der Waals surface area contributed by atoms with Crippen LogP contribution in [0.5, 0.6) is 5.75 Å². The Balaban J connectivity index is 1.71. The van der Waals surface area contributed by atoms with Gasteiger partial charge in [-0.2, -0.15) is 0 Å². The second kappa shape index (κ2) is 7.15. The van der Waals surface area contributed by atoms with Crippen molar-refractivity contribution in [3.05, 3.63) is 69.2 Å². The van der Waals surface area contributed by atoms with Gasteiger partial charge in [-0.05, 0) is 37.3 Å². The van der Waals surface area contributed by atoms with Crippen molar-refractivity contribution in [2.45, 2.75) is 19.6 Å². The number of halogens is 1. The summed E-state index contributed by atoms with van der Waals surface area (Å²) in [5.74, 6) is 0.688. The average Bonchev–Trinajstić information content (AvgIpc) is 2.57. The molecule has 3 aromatic rings. The molecule has 6 heteroatoms. The third-order valence-electron chi connectivity index (χ3n) is 3.66. The summed E-state index contributed by atoms with van der Waals surface area (Å²) < 4.78 is 7.76. The second-order valence-corrected chi connectivity index (χ2v) is 6.56. The van der Waals surface area contributed by atoms with Crippen LogP contribution in [0.1, 0.15) is 5.56 Å². The van der Waals surface area contributed by atoms with E-state index in [-0.39, 0.29) is 18.7 Å². The minimum absolute atomic E-state index is 0.103. The zero-order chi connectivity index (χ0) is 17.1. The minimum atomic E-state index is -0.810. The molecule has 24 heavy (non-hydrogen) atoms. The first-order valence-corrected chi connectivity index (χ1v) is 8.34. The summed E-state index contributed by atoms with van der Waals surface area (Å²) in [6.07, 6.45) is 0.642. The summed E-state index contributed by atoms with van der Waals surface area (Å²) in [4.78, 5) is 16.7. The van der Waals surface area contributed by atoms with Gasteiger partial charge >= 0.3 is 0 Å². The molecule has 124 valence electrons. The van der Waals surface area contributed by atoms with E-state index < -0.39 is 6.10 Å². The van der Waals surface area contributed by atoms with Gasteiger partial charge < -0.3 is 9.84 Å². The van der Waals surface area contributed by atoms with Crippen molar-refractivity contribution >= 4 is 26.8 Å². The molecular weight excluding hydrogens is 372 g/mol. The van der Waals surface area contributed by atoms with Crippen LogP contribution in [0, 0.1) is 6.92 Å². The monoisotopic (exact) mass is 388 g/mol. The van der Waals surface area contributed by atoms with Crippen LogP contribution in [-0.2, 0) is 6.54 Å². The molecule has 0 amide bonds. The summed E-state index contributed by atoms with van der Waals surface area (Å²) in [6.45, 7) is 2.22. The quantitative estimate of drug-likeness (QED) is 0.729. The zero-order valence-electron chi connectivity index (χ0n) is 13.1. The number of rotatable bonds is 5. The number of nitrogens with zero attached hydrogens (tertiary/aromatic N) is 2. The Bertz CT molecular complexity index is 906. The van der Waals surface area contributed by atoms with E-state index in [1.54, 1.807) is 12.1 Å². The van der Waals surface area contributed by atoms with Crippen molar-refractivity contribution in [2.75, 3.05) is 6.61 Å². The van der Waals surface area contributed by atoms with Crippen LogP contribution in [0.3, 0.4) is 0 Å². The molecule has 3 rings (SSSR count). The molecule has 0 aliphatic heterocycles. The van der Waals surface area contributed by atoms with Crippen molar-refractivity contribution in [3.63, 3.8) is 0 Å². The second-order valence-electron chi connectivity index (χ2n) is 5.64. The fourth-order valence-corrected chi connectivity index (χ4v) is 2.73. The number of ether oxygens (including phenoxy) is 1. The van der Waals surface area contributed by atoms with E-state index in [1.807, 2.05) is 37.3 Å². The summed E-state index contributed by atoms with van der Waals surface area (Å²) in [6, 6.07) is 12.9. The maximum Gasteiger partial charge on any atom is 0.261 e. The van der Waals surface area contributed by atoms with Gasteiger partial charge in [-0.15, -0.1) is 0 Å². The normalized spacial score (nSPS) is 12.3. The standard InChI is InChI=1S/C18H17BrN2O3/c1-12-2-5-15(6-3-12)24-10-14(22)9-21-11-20-17-7-4-13(19)8-16(17)18(21)23/h2-8,11,14,22H,9-10H2,1H3/t14-/m0/s1. The topological polar surface area (TPSA) is 64.3 Å². The molecule has 0 fully saturated rings. The van der Waals surface area contributed by atoms with E-state index in [9.17, 15) is 9.90 Å². The van der Waals surface area contributed by atoms with E-state index in [0.29, 0.717) is 16.7 Å². The summed E-state index contributed by atoms with van der Waals surface area (Å²) in [5, 5.41) is 10.7. The summed E-state index contributed by atoms with van der Waals surface area (Å²) >= 11 is 3.35. The van der Waals surface area contributed by atoms with E-state index in [0.717, 1.165) is 10.0 Å². The minimum Gasteiger partial charge on any atom is -0.491 e. The number of aliphatic hydroxyl groups is 1. The van der Waals surface area contributed by atoms with E-state index in [2.05, 4.69) is 20.9 Å². The molecular formula is C18H17BrN2O3. The lowest BCUT2D eigenvalue weighted by atomic mass is 10.2. The third-order valence-corrected chi connectivity index (χ3v) is 4.15. The summed E-state index contributed by atoms with van der Waals surface area (Å²) in [7, 11) is 0. The molecule has 1 heterocycles. The van der Waals surface area contributed by atoms with Crippen LogP contribution in [0.2, 0.25) is 0 Å². The largest absolute Gasteiger partial charge is 0.491 e. The molecule has 0 radical (unpaired) electrons. The predicted molar refractivity (Wildman–Crippen MR) is 96.4 cm³/mol. The highest BCUT2D eigenvalue weighted by atomic mass is 79.9. The highest BCUT2D eigenvalue weighted by Crippen LogP contribution is 2.15. The lowest BCUT2D eigenvalue weighted by molar-refractivity contribution is 0.0915. The molecule has 2 aromatic carbocycles. The van der Waals surface area contributed by atoms with Gasteiger partial charge in [0, 0.05) is 4.47 Å². The number of fused-ring (bicyclic) bond motifs is 1. The van der Waals surface area contributed by atoms with Gasteiger partial charge in [0.25, 0.3) is 5.56 Å². The molecule has 1 atom stereocenters. The van der Waals surface area contributed by atoms with Crippen molar-refractivity contribution < 1.29 is 9.84 Å². The van der Waals surface area contributed by atoms with Crippen molar-refractivity contribution in [3.8, 4) is 5.75 Å². The van der Waals surface area contributed by atoms with Gasteiger partial charge in [0.1, 0.15) is 18.5 Å². The van der Waals surface area contributed by atoms with Crippen LogP contribution < -0.4 is 10.3 Å². The van der Waals surface area contributed by atoms with E-state index in [4.69, 9.17) is 4.74 Å². The van der Waals surface area contributed by atoms with Crippen molar-refractivity contribution in [1.29, 1.82) is 0 Å². The molecule has 1 N–H and O–H groups in total. The van der Waals surface area contributed by atoms with Gasteiger partial charge in [-0.1, -0.05) is 33.6 Å². The maximum absolute atomic E-state index is 12.5. The highest BCUT2D eigenvalue weighted by molar-refractivity contribution is 9.10. The van der Waals surface area contributed by atoms with Gasteiger partial charge in [-0.25, -0.2) is 4.98 Å². The summed E-state index contributed by atoms with van der Waals surface area (Å²) in [5.41, 5.74) is 1.59. The Morgan fingerprint density at radius 2 is 2.00 bits per heavy atom. The molecule has 0 unspecified atom stereocenters. The number of hydrogen-bond donors (Lipinski definition) is 1. The van der Waals surface area contributed by atoms with E-state index in [1.165, 1.54) is 10.9 Å². The van der Waals surface area contributed by atoms with Crippen LogP contribution in [0.25, 0.3) is 10.9 Å². The highest BCUT2D eigenvalue weighted by Gasteiger charge is 2.10. The van der Waals surface area contributed by atoms with Gasteiger partial charge in [0.15, 0.2) is 0 Å². The fraction of sp³-hybridized carbons (Fsp3) is 0.222. The number of aliphatic hydroxyl groups excluding tert-OH is 1. The number of benzene rings is 2. The Morgan fingerprint density at radius 3 is 2.75 bits per heavy atom. The Labute approximate surface area is 147 Å². The molecule has 0 aliphatic rings. The number of hydrogen-bond acceptors (Lipinski definition) is 4. The predicted octanol–water partition coefficient (Wildman–Crippen LogP) is 2.91. The molecule has 0 saturated carbocycles. The first kappa shape index (κ1) is 16.7. The molecule has 5 nitrogen and oxygen atoms in total. The lowest BCUT2D eigenvalue weighted by Gasteiger charge is -2.14. The zero-order valence-corrected chi connectivity index (χ0v) is 14.7. The maximum atomic E-state index is 12.5. The Hall–Kier alpha value is -2.18. The first-order valence-electron chi connectivity index (χ1n) is 7.55. The van der Waals surface area contributed by atoms with Gasteiger partial charge in [-0.3, -0.25) is 9.36 Å². The van der Waals surface area contributed by atoms with Gasteiger partial charge in [0.05, 0.1) is 23.8 Å². The smallest absolute Gasteiger partial charge is 0.261 e. The lowest BCUT2D eigenvalue weighted by Crippen LogP contribution is -2.30. The Kier molecular flexibility index (Phi) is 4.97. The molecule has 1 aromatic heterocycles. The van der Waals surface area contributed by atoms with Crippen LogP contribution in [-0.4, -0.2) is 27.4 Å². The van der Waals surface area contributed by atoms with E-state index >= 15 is 0 Å². The van der Waals surface area contributed by atoms with Gasteiger partial charge in [0.2, 0.25) is 0 Å². The van der Waals surface area contributed by atoms with Crippen molar-refractivity contribution in [1.82, 2.24) is 9.55 Å². The van der Waals surface area contributed by atoms with Crippen LogP contribution in [0.15, 0.2) is 58.1 Å². The number of aromatic nitrogens is 2. The fourth-order valence-electron chi connectivity index (χ4n) is 2.37. The third kappa shape index (κ3) is 3.83. The first-order chi connectivity index (χ1) is 11.5. The van der Waals surface area contributed by atoms with Crippen LogP contribution >= 0.6 is 15.9 Å². The van der Waals surface area contributed by atoms with Crippen molar-refractivity contribution in [2.24, 2.45) is 0 Å².